The summed E-state index contributed by atoms with van der Waals surface area (Å²) in [5.74, 6) is 2.03. The fourth-order valence-corrected chi connectivity index (χ4v) is 3.84. The zero-order valence-corrected chi connectivity index (χ0v) is 14.6. The Kier molecular flexibility index (Phi) is 4.15. The van der Waals surface area contributed by atoms with E-state index in [1.54, 1.807) is 0 Å². The fraction of sp³-hybridized carbons (Fsp3) is 0.647. The first-order valence-corrected chi connectivity index (χ1v) is 8.58. The molecule has 0 aliphatic carbocycles. The van der Waals surface area contributed by atoms with Crippen LogP contribution in [0.3, 0.4) is 0 Å². The Labute approximate surface area is 142 Å². The number of imidazole rings is 1. The van der Waals surface area contributed by atoms with Crippen molar-refractivity contribution in [2.45, 2.75) is 39.1 Å². The molecule has 0 aromatic carbocycles. The molecular weight excluding hydrogens is 306 g/mol. The first-order chi connectivity index (χ1) is 11.6. The molecule has 0 bridgehead atoms. The van der Waals surface area contributed by atoms with Gasteiger partial charge in [0.25, 0.3) is 0 Å². The molecule has 0 radical (unpaired) electrons. The lowest BCUT2D eigenvalue weighted by atomic mass is 10.1. The van der Waals surface area contributed by atoms with E-state index >= 15 is 0 Å². The van der Waals surface area contributed by atoms with Crippen LogP contribution in [0, 0.1) is 13.8 Å². The molecule has 7 heteroatoms. The van der Waals surface area contributed by atoms with Crippen LogP contribution in [-0.2, 0) is 24.9 Å². The number of rotatable bonds is 4. The van der Waals surface area contributed by atoms with E-state index in [9.17, 15) is 0 Å². The molecule has 2 aromatic rings. The van der Waals surface area contributed by atoms with Gasteiger partial charge in [-0.3, -0.25) is 9.80 Å². The van der Waals surface area contributed by atoms with E-state index in [0.29, 0.717) is 6.04 Å². The molecule has 4 heterocycles. The normalized spacial score (nSPS) is 25.3. The SMILES string of the molecule is Cc1noc(C)c1CN1CCO[C@H]2CN(Cc3nccn3C)C[C@H]21. The molecule has 4 rings (SSSR count). The third-order valence-electron chi connectivity index (χ3n) is 5.32. The van der Waals surface area contributed by atoms with E-state index in [1.165, 1.54) is 5.56 Å². The Morgan fingerprint density at radius 2 is 2.12 bits per heavy atom. The van der Waals surface area contributed by atoms with Gasteiger partial charge in [0, 0.05) is 51.2 Å². The maximum absolute atomic E-state index is 6.04. The number of fused-ring (bicyclic) bond motifs is 1. The fourth-order valence-electron chi connectivity index (χ4n) is 3.84. The van der Waals surface area contributed by atoms with Crippen molar-refractivity contribution < 1.29 is 9.26 Å². The molecule has 2 aliphatic rings. The Morgan fingerprint density at radius 1 is 1.25 bits per heavy atom. The van der Waals surface area contributed by atoms with Crippen molar-refractivity contribution in [1.29, 1.82) is 0 Å². The van der Waals surface area contributed by atoms with Crippen LogP contribution in [-0.4, -0.2) is 62.9 Å². The van der Waals surface area contributed by atoms with Crippen LogP contribution in [0.4, 0.5) is 0 Å². The van der Waals surface area contributed by atoms with Gasteiger partial charge in [0.1, 0.15) is 11.6 Å². The van der Waals surface area contributed by atoms with Crippen LogP contribution in [0.15, 0.2) is 16.9 Å². The quantitative estimate of drug-likeness (QED) is 0.836. The van der Waals surface area contributed by atoms with Gasteiger partial charge in [0.15, 0.2) is 0 Å². The zero-order valence-electron chi connectivity index (χ0n) is 14.6. The molecule has 0 spiro atoms. The number of nitrogens with zero attached hydrogens (tertiary/aromatic N) is 5. The lowest BCUT2D eigenvalue weighted by Crippen LogP contribution is -2.50. The molecule has 0 N–H and O–H groups in total. The minimum absolute atomic E-state index is 0.277. The topological polar surface area (TPSA) is 59.6 Å². The third kappa shape index (κ3) is 2.87. The highest BCUT2D eigenvalue weighted by Crippen LogP contribution is 2.26. The summed E-state index contributed by atoms with van der Waals surface area (Å²) in [7, 11) is 2.05. The minimum atomic E-state index is 0.277. The van der Waals surface area contributed by atoms with Gasteiger partial charge in [-0.2, -0.15) is 0 Å². The summed E-state index contributed by atoms with van der Waals surface area (Å²) in [6.07, 6.45) is 4.14. The van der Waals surface area contributed by atoms with Gasteiger partial charge < -0.3 is 13.8 Å². The number of ether oxygens (including phenoxy) is 1. The van der Waals surface area contributed by atoms with Crippen molar-refractivity contribution in [1.82, 2.24) is 24.5 Å². The summed E-state index contributed by atoms with van der Waals surface area (Å²) < 4.78 is 13.5. The average molecular weight is 331 g/mol. The van der Waals surface area contributed by atoms with Gasteiger partial charge in [-0.1, -0.05) is 5.16 Å². The van der Waals surface area contributed by atoms with Gasteiger partial charge in [-0.05, 0) is 13.8 Å². The van der Waals surface area contributed by atoms with E-state index in [4.69, 9.17) is 9.26 Å². The molecule has 2 saturated heterocycles. The lowest BCUT2D eigenvalue weighted by molar-refractivity contribution is -0.0506. The largest absolute Gasteiger partial charge is 0.374 e. The number of hydrogen-bond donors (Lipinski definition) is 0. The first-order valence-electron chi connectivity index (χ1n) is 8.58. The molecule has 2 aliphatic heterocycles. The number of likely N-dealkylation sites (tertiary alicyclic amines) is 1. The van der Waals surface area contributed by atoms with Crippen LogP contribution in [0.5, 0.6) is 0 Å². The van der Waals surface area contributed by atoms with Crippen LogP contribution in [0.1, 0.15) is 22.8 Å². The molecular formula is C17H25N5O2. The maximum atomic E-state index is 6.04. The van der Waals surface area contributed by atoms with Crippen LogP contribution in [0.25, 0.3) is 0 Å². The van der Waals surface area contributed by atoms with Crippen molar-refractivity contribution in [2.75, 3.05) is 26.2 Å². The average Bonchev–Trinajstić information content (AvgIpc) is 3.24. The number of aryl methyl sites for hydroxylation is 3. The summed E-state index contributed by atoms with van der Waals surface area (Å²) >= 11 is 0. The number of hydrogen-bond acceptors (Lipinski definition) is 6. The van der Waals surface area contributed by atoms with E-state index < -0.39 is 0 Å². The summed E-state index contributed by atoms with van der Waals surface area (Å²) in [6.45, 7) is 9.51. The second kappa shape index (κ2) is 6.31. The van der Waals surface area contributed by atoms with Crippen molar-refractivity contribution in [2.24, 2.45) is 7.05 Å². The Bertz CT molecular complexity index is 690. The minimum Gasteiger partial charge on any atom is -0.374 e. The van der Waals surface area contributed by atoms with Gasteiger partial charge in [0.2, 0.25) is 0 Å². The van der Waals surface area contributed by atoms with Gasteiger partial charge in [-0.25, -0.2) is 4.98 Å². The Hall–Kier alpha value is -1.70. The summed E-state index contributed by atoms with van der Waals surface area (Å²) in [5, 5.41) is 4.09. The predicted octanol–water partition coefficient (Wildman–Crippen LogP) is 1.11. The molecule has 2 fully saturated rings. The third-order valence-corrected chi connectivity index (χ3v) is 5.32. The molecule has 130 valence electrons. The van der Waals surface area contributed by atoms with Crippen molar-refractivity contribution >= 4 is 0 Å². The van der Waals surface area contributed by atoms with Crippen LogP contribution < -0.4 is 0 Å². The van der Waals surface area contributed by atoms with Crippen molar-refractivity contribution in [3.8, 4) is 0 Å². The molecule has 2 aromatic heterocycles. The van der Waals surface area contributed by atoms with E-state index in [-0.39, 0.29) is 6.10 Å². The molecule has 0 amide bonds. The van der Waals surface area contributed by atoms with E-state index in [2.05, 4.69) is 24.5 Å². The summed E-state index contributed by atoms with van der Waals surface area (Å²) in [6, 6.07) is 0.424. The highest BCUT2D eigenvalue weighted by molar-refractivity contribution is 5.21. The summed E-state index contributed by atoms with van der Waals surface area (Å²) in [5.41, 5.74) is 2.22. The number of aromatic nitrogens is 3. The molecule has 7 nitrogen and oxygen atoms in total. The second-order valence-corrected chi connectivity index (χ2v) is 6.90. The standard InChI is InChI=1S/C17H25N5O2/c1-12-14(13(2)24-19-12)8-22-6-7-23-16-10-21(9-15(16)22)11-17-18-4-5-20(17)3/h4-5,15-16H,6-11H2,1-3H3/t15-,16+/m1/s1. The van der Waals surface area contributed by atoms with Crippen LogP contribution >= 0.6 is 0 Å². The van der Waals surface area contributed by atoms with Gasteiger partial charge in [0.05, 0.1) is 31.0 Å². The monoisotopic (exact) mass is 331 g/mol. The molecule has 2 atom stereocenters. The van der Waals surface area contributed by atoms with Crippen LogP contribution in [0.2, 0.25) is 0 Å². The molecule has 0 saturated carbocycles. The Morgan fingerprint density at radius 3 is 2.83 bits per heavy atom. The van der Waals surface area contributed by atoms with E-state index in [1.807, 2.05) is 33.3 Å². The van der Waals surface area contributed by atoms with Crippen molar-refractivity contribution in [3.05, 3.63) is 35.2 Å². The lowest BCUT2D eigenvalue weighted by Gasteiger charge is -2.36. The van der Waals surface area contributed by atoms with Crippen molar-refractivity contribution in [3.63, 3.8) is 0 Å². The summed E-state index contributed by atoms with van der Waals surface area (Å²) in [4.78, 5) is 9.42. The molecule has 24 heavy (non-hydrogen) atoms. The van der Waals surface area contributed by atoms with Gasteiger partial charge >= 0.3 is 0 Å². The Balaban J connectivity index is 1.46. The van der Waals surface area contributed by atoms with E-state index in [0.717, 1.165) is 56.6 Å². The number of morpholine rings is 1. The molecule has 0 unspecified atom stereocenters. The van der Waals surface area contributed by atoms with Gasteiger partial charge in [-0.15, -0.1) is 0 Å². The second-order valence-electron chi connectivity index (χ2n) is 6.90. The highest BCUT2D eigenvalue weighted by Gasteiger charge is 2.40. The first kappa shape index (κ1) is 15.8. The predicted molar refractivity (Wildman–Crippen MR) is 88.4 cm³/mol. The maximum Gasteiger partial charge on any atom is 0.138 e. The highest BCUT2D eigenvalue weighted by atomic mass is 16.5. The smallest absolute Gasteiger partial charge is 0.138 e. The zero-order chi connectivity index (χ0) is 16.7.